The van der Waals surface area contributed by atoms with Gasteiger partial charge in [0.2, 0.25) is 17.7 Å². The number of methoxy groups -OCH3 is 1. The van der Waals surface area contributed by atoms with E-state index in [1.54, 1.807) is 36.3 Å². The molecule has 1 aliphatic heterocycles. The van der Waals surface area contributed by atoms with Gasteiger partial charge in [-0.2, -0.15) is 0 Å². The molecule has 2 aromatic carbocycles. The van der Waals surface area contributed by atoms with Gasteiger partial charge < -0.3 is 25.3 Å². The molecule has 8 nitrogen and oxygen atoms in total. The number of aromatic amines is 1. The first-order valence-corrected chi connectivity index (χ1v) is 10.5. The van der Waals surface area contributed by atoms with Crippen molar-refractivity contribution in [2.24, 2.45) is 5.92 Å². The SMILES string of the molecule is COc1ccc2[nH]cc(CCN3C[C@H](C(=O)Nc4cccc(NC(C)=O)c4)CC3=O)c2c1. The van der Waals surface area contributed by atoms with Gasteiger partial charge in [-0.05, 0) is 48.4 Å². The maximum atomic E-state index is 12.7. The molecule has 0 spiro atoms. The summed E-state index contributed by atoms with van der Waals surface area (Å²) >= 11 is 0. The highest BCUT2D eigenvalue weighted by Gasteiger charge is 2.34. The number of H-pyrrole nitrogens is 1. The molecule has 0 aliphatic carbocycles. The first-order chi connectivity index (χ1) is 15.4. The van der Waals surface area contributed by atoms with E-state index >= 15 is 0 Å². The number of fused-ring (bicyclic) bond motifs is 1. The zero-order valence-electron chi connectivity index (χ0n) is 18.1. The third kappa shape index (κ3) is 4.74. The van der Waals surface area contributed by atoms with Gasteiger partial charge >= 0.3 is 0 Å². The Morgan fingerprint density at radius 1 is 1.16 bits per heavy atom. The number of carbonyl (C=O) groups is 3. The highest BCUT2D eigenvalue weighted by molar-refractivity contribution is 5.98. The van der Waals surface area contributed by atoms with Crippen molar-refractivity contribution in [2.45, 2.75) is 19.8 Å². The summed E-state index contributed by atoms with van der Waals surface area (Å²) in [5, 5.41) is 6.62. The van der Waals surface area contributed by atoms with Gasteiger partial charge in [-0.25, -0.2) is 0 Å². The van der Waals surface area contributed by atoms with Crippen LogP contribution in [0.4, 0.5) is 11.4 Å². The van der Waals surface area contributed by atoms with Crippen LogP contribution in [0.25, 0.3) is 10.9 Å². The van der Waals surface area contributed by atoms with E-state index in [0.717, 1.165) is 22.2 Å². The zero-order chi connectivity index (χ0) is 22.7. The number of benzene rings is 2. The van der Waals surface area contributed by atoms with Crippen LogP contribution in [0.3, 0.4) is 0 Å². The van der Waals surface area contributed by atoms with Crippen molar-refractivity contribution in [3.63, 3.8) is 0 Å². The van der Waals surface area contributed by atoms with Crippen LogP contribution < -0.4 is 15.4 Å². The van der Waals surface area contributed by atoms with Crippen LogP contribution in [0, 0.1) is 5.92 Å². The summed E-state index contributed by atoms with van der Waals surface area (Å²) in [5.74, 6) is -0.0173. The Morgan fingerprint density at radius 2 is 1.94 bits per heavy atom. The topological polar surface area (TPSA) is 104 Å². The Labute approximate surface area is 185 Å². The molecule has 3 amide bonds. The van der Waals surface area contributed by atoms with E-state index in [2.05, 4.69) is 15.6 Å². The number of likely N-dealkylation sites (tertiary alicyclic amines) is 1. The average Bonchev–Trinajstić information content (AvgIpc) is 3.34. The van der Waals surface area contributed by atoms with Crippen molar-refractivity contribution in [2.75, 3.05) is 30.8 Å². The lowest BCUT2D eigenvalue weighted by molar-refractivity contribution is -0.128. The summed E-state index contributed by atoms with van der Waals surface area (Å²) in [6, 6.07) is 12.8. The monoisotopic (exact) mass is 434 g/mol. The Bertz CT molecular complexity index is 1170. The number of carbonyl (C=O) groups excluding carboxylic acids is 3. The molecule has 3 N–H and O–H groups in total. The predicted octanol–water partition coefficient (Wildman–Crippen LogP) is 3.16. The van der Waals surface area contributed by atoms with E-state index in [1.165, 1.54) is 6.92 Å². The van der Waals surface area contributed by atoms with E-state index in [-0.39, 0.29) is 24.1 Å². The number of anilines is 2. The molecule has 0 unspecified atom stereocenters. The van der Waals surface area contributed by atoms with Crippen LogP contribution in [0.5, 0.6) is 5.75 Å². The number of nitrogens with one attached hydrogen (secondary N) is 3. The van der Waals surface area contributed by atoms with E-state index in [9.17, 15) is 14.4 Å². The lowest BCUT2D eigenvalue weighted by Gasteiger charge is -2.16. The number of amides is 3. The number of ether oxygens (including phenoxy) is 1. The van der Waals surface area contributed by atoms with Gasteiger partial charge in [0.05, 0.1) is 13.0 Å². The Balaban J connectivity index is 1.36. The molecule has 166 valence electrons. The number of aromatic nitrogens is 1. The maximum absolute atomic E-state index is 12.7. The van der Waals surface area contributed by atoms with Crippen molar-refractivity contribution < 1.29 is 19.1 Å². The minimum Gasteiger partial charge on any atom is -0.497 e. The van der Waals surface area contributed by atoms with Gasteiger partial charge in [0.1, 0.15) is 5.75 Å². The van der Waals surface area contributed by atoms with E-state index in [1.807, 2.05) is 24.4 Å². The Hall–Kier alpha value is -3.81. The second kappa shape index (κ2) is 9.13. The van der Waals surface area contributed by atoms with Crippen molar-refractivity contribution in [1.29, 1.82) is 0 Å². The lowest BCUT2D eigenvalue weighted by atomic mass is 10.1. The maximum Gasteiger partial charge on any atom is 0.229 e. The largest absolute Gasteiger partial charge is 0.497 e. The highest BCUT2D eigenvalue weighted by Crippen LogP contribution is 2.26. The minimum atomic E-state index is -0.407. The molecule has 0 bridgehead atoms. The molecule has 1 aliphatic rings. The summed E-state index contributed by atoms with van der Waals surface area (Å²) in [7, 11) is 1.64. The summed E-state index contributed by atoms with van der Waals surface area (Å²) < 4.78 is 5.31. The highest BCUT2D eigenvalue weighted by atomic mass is 16.5. The number of hydrogen-bond donors (Lipinski definition) is 3. The quantitative estimate of drug-likeness (QED) is 0.531. The molecular weight excluding hydrogens is 408 g/mol. The fourth-order valence-electron chi connectivity index (χ4n) is 4.03. The molecule has 1 aromatic heterocycles. The van der Waals surface area contributed by atoms with Crippen LogP contribution in [0.2, 0.25) is 0 Å². The van der Waals surface area contributed by atoms with Gasteiger partial charge in [-0.1, -0.05) is 6.07 Å². The smallest absolute Gasteiger partial charge is 0.229 e. The van der Waals surface area contributed by atoms with Gasteiger partial charge in [0, 0.05) is 54.9 Å². The lowest BCUT2D eigenvalue weighted by Crippen LogP contribution is -2.30. The van der Waals surface area contributed by atoms with Crippen LogP contribution in [0.15, 0.2) is 48.7 Å². The zero-order valence-corrected chi connectivity index (χ0v) is 18.1. The number of hydrogen-bond acceptors (Lipinski definition) is 4. The fraction of sp³-hybridized carbons (Fsp3) is 0.292. The van der Waals surface area contributed by atoms with Crippen molar-refractivity contribution in [1.82, 2.24) is 9.88 Å². The number of rotatable bonds is 7. The van der Waals surface area contributed by atoms with Crippen LogP contribution in [0.1, 0.15) is 18.9 Å². The molecule has 1 fully saturated rings. The predicted molar refractivity (Wildman–Crippen MR) is 123 cm³/mol. The van der Waals surface area contributed by atoms with Crippen molar-refractivity contribution >= 4 is 40.0 Å². The molecule has 8 heteroatoms. The van der Waals surface area contributed by atoms with Crippen LogP contribution >= 0.6 is 0 Å². The van der Waals surface area contributed by atoms with E-state index in [0.29, 0.717) is 30.9 Å². The van der Waals surface area contributed by atoms with Crippen LogP contribution in [-0.4, -0.2) is 47.8 Å². The summed E-state index contributed by atoms with van der Waals surface area (Å²) in [4.78, 5) is 41.5. The molecule has 0 radical (unpaired) electrons. The number of nitrogens with zero attached hydrogens (tertiary/aromatic N) is 1. The molecule has 0 saturated carbocycles. The standard InChI is InChI=1S/C24H26N4O4/c1-15(29)26-18-4-3-5-19(11-18)27-24(31)17-10-23(30)28(14-17)9-8-16-13-25-22-7-6-20(32-2)12-21(16)22/h3-7,11-13,17,25H,8-10,14H2,1-2H3,(H,26,29)(H,27,31)/t17-/m1/s1. The second-order valence-electron chi connectivity index (χ2n) is 7.97. The van der Waals surface area contributed by atoms with Crippen molar-refractivity contribution in [3.05, 3.63) is 54.2 Å². The Kier molecular flexibility index (Phi) is 6.11. The average molecular weight is 434 g/mol. The molecule has 1 atom stereocenters. The Morgan fingerprint density at radius 3 is 2.69 bits per heavy atom. The van der Waals surface area contributed by atoms with Gasteiger partial charge in [0.15, 0.2) is 0 Å². The second-order valence-corrected chi connectivity index (χ2v) is 7.97. The van der Waals surface area contributed by atoms with Gasteiger partial charge in [0.25, 0.3) is 0 Å². The normalized spacial score (nSPS) is 15.8. The molecule has 2 heterocycles. The minimum absolute atomic E-state index is 0.0189. The van der Waals surface area contributed by atoms with Crippen molar-refractivity contribution in [3.8, 4) is 5.75 Å². The summed E-state index contributed by atoms with van der Waals surface area (Å²) in [5.41, 5.74) is 3.32. The van der Waals surface area contributed by atoms with E-state index < -0.39 is 5.92 Å². The first-order valence-electron chi connectivity index (χ1n) is 10.5. The fourth-order valence-corrected chi connectivity index (χ4v) is 4.03. The van der Waals surface area contributed by atoms with E-state index in [4.69, 9.17) is 4.74 Å². The third-order valence-electron chi connectivity index (χ3n) is 5.66. The molecule has 1 saturated heterocycles. The summed E-state index contributed by atoms with van der Waals surface area (Å²) in [6.07, 6.45) is 2.84. The third-order valence-corrected chi connectivity index (χ3v) is 5.66. The van der Waals surface area contributed by atoms with Gasteiger partial charge in [-0.3, -0.25) is 14.4 Å². The van der Waals surface area contributed by atoms with Crippen LogP contribution in [-0.2, 0) is 20.8 Å². The molecule has 3 aromatic rings. The molecular formula is C24H26N4O4. The molecule has 4 rings (SSSR count). The summed E-state index contributed by atoms with van der Waals surface area (Å²) in [6.45, 7) is 2.36. The molecule has 32 heavy (non-hydrogen) atoms. The first kappa shape index (κ1) is 21.4. The van der Waals surface area contributed by atoms with Gasteiger partial charge in [-0.15, -0.1) is 0 Å².